The fraction of sp³-hybridized carbons (Fsp3) is 0.600. The molecule has 0 unspecified atom stereocenters. The van der Waals surface area contributed by atoms with Crippen molar-refractivity contribution in [3.63, 3.8) is 0 Å². The standard InChI is InChI=1S/C10H14N2O/c1-7-6-11-9(12-10(7)13)8-4-2-3-5-8/h6,8H,2-5H2,1H3,(H,11,12,13). The summed E-state index contributed by atoms with van der Waals surface area (Å²) in [5.74, 6) is 1.38. The van der Waals surface area contributed by atoms with Gasteiger partial charge < -0.3 is 4.98 Å². The summed E-state index contributed by atoms with van der Waals surface area (Å²) in [6.07, 6.45) is 6.55. The summed E-state index contributed by atoms with van der Waals surface area (Å²) in [6.45, 7) is 1.78. The third-order valence-corrected chi connectivity index (χ3v) is 2.74. The Bertz CT molecular complexity index is 350. The molecule has 1 aliphatic rings. The molecule has 1 fully saturated rings. The van der Waals surface area contributed by atoms with Crippen LogP contribution in [0.15, 0.2) is 11.0 Å². The van der Waals surface area contributed by atoms with Crippen molar-refractivity contribution < 1.29 is 0 Å². The molecule has 0 amide bonds. The minimum Gasteiger partial charge on any atom is -0.310 e. The molecule has 1 saturated carbocycles. The highest BCUT2D eigenvalue weighted by Crippen LogP contribution is 2.31. The molecule has 0 saturated heterocycles. The van der Waals surface area contributed by atoms with Crippen LogP contribution >= 0.6 is 0 Å². The van der Waals surface area contributed by atoms with Gasteiger partial charge in [0.2, 0.25) is 0 Å². The molecular weight excluding hydrogens is 164 g/mol. The van der Waals surface area contributed by atoms with Crippen LogP contribution in [0.3, 0.4) is 0 Å². The number of hydrogen-bond donors (Lipinski definition) is 1. The Labute approximate surface area is 77.2 Å². The predicted molar refractivity (Wildman–Crippen MR) is 50.8 cm³/mol. The highest BCUT2D eigenvalue weighted by molar-refractivity contribution is 5.06. The van der Waals surface area contributed by atoms with Crippen LogP contribution in [0.25, 0.3) is 0 Å². The van der Waals surface area contributed by atoms with E-state index in [9.17, 15) is 4.79 Å². The first-order chi connectivity index (χ1) is 6.27. The fourth-order valence-corrected chi connectivity index (χ4v) is 1.88. The summed E-state index contributed by atoms with van der Waals surface area (Å²) in [4.78, 5) is 18.4. The van der Waals surface area contributed by atoms with Gasteiger partial charge in [0.05, 0.1) is 0 Å². The first-order valence-corrected chi connectivity index (χ1v) is 4.83. The van der Waals surface area contributed by atoms with Gasteiger partial charge in [-0.3, -0.25) is 4.79 Å². The van der Waals surface area contributed by atoms with Gasteiger partial charge in [0.1, 0.15) is 5.82 Å². The van der Waals surface area contributed by atoms with E-state index in [1.54, 1.807) is 13.1 Å². The molecule has 2 rings (SSSR count). The lowest BCUT2D eigenvalue weighted by Crippen LogP contribution is -2.15. The van der Waals surface area contributed by atoms with E-state index in [0.717, 1.165) is 5.82 Å². The molecule has 0 aromatic carbocycles. The molecule has 1 aromatic rings. The molecule has 1 aromatic heterocycles. The average Bonchev–Trinajstić information content (AvgIpc) is 2.62. The quantitative estimate of drug-likeness (QED) is 0.712. The van der Waals surface area contributed by atoms with Crippen molar-refractivity contribution in [1.29, 1.82) is 0 Å². The molecule has 1 aliphatic carbocycles. The molecule has 1 heterocycles. The first kappa shape index (κ1) is 8.48. The van der Waals surface area contributed by atoms with Gasteiger partial charge in [-0.1, -0.05) is 12.8 Å². The number of aromatic nitrogens is 2. The summed E-state index contributed by atoms with van der Waals surface area (Å²) in [5.41, 5.74) is 0.707. The Hall–Kier alpha value is -1.12. The topological polar surface area (TPSA) is 45.8 Å². The van der Waals surface area contributed by atoms with Crippen LogP contribution in [-0.4, -0.2) is 9.97 Å². The molecule has 0 atom stereocenters. The van der Waals surface area contributed by atoms with Crippen molar-refractivity contribution in [2.75, 3.05) is 0 Å². The summed E-state index contributed by atoms with van der Waals surface area (Å²) in [6, 6.07) is 0. The van der Waals surface area contributed by atoms with E-state index in [-0.39, 0.29) is 5.56 Å². The van der Waals surface area contributed by atoms with Crippen LogP contribution < -0.4 is 5.56 Å². The van der Waals surface area contributed by atoms with Gasteiger partial charge in [-0.05, 0) is 19.8 Å². The number of aryl methyl sites for hydroxylation is 1. The zero-order valence-electron chi connectivity index (χ0n) is 7.84. The summed E-state index contributed by atoms with van der Waals surface area (Å²) >= 11 is 0. The number of nitrogens with zero attached hydrogens (tertiary/aromatic N) is 1. The maximum absolute atomic E-state index is 11.3. The maximum atomic E-state index is 11.3. The second kappa shape index (κ2) is 3.32. The minimum atomic E-state index is 0.0110. The van der Waals surface area contributed by atoms with Gasteiger partial charge in [0, 0.05) is 17.7 Å². The lowest BCUT2D eigenvalue weighted by atomic mass is 10.1. The second-order valence-corrected chi connectivity index (χ2v) is 3.76. The molecule has 3 nitrogen and oxygen atoms in total. The number of rotatable bonds is 1. The van der Waals surface area contributed by atoms with Crippen molar-refractivity contribution in [2.24, 2.45) is 0 Å². The Balaban J connectivity index is 2.30. The monoisotopic (exact) mass is 178 g/mol. The van der Waals surface area contributed by atoms with Crippen molar-refractivity contribution in [2.45, 2.75) is 38.5 Å². The summed E-state index contributed by atoms with van der Waals surface area (Å²) in [7, 11) is 0. The van der Waals surface area contributed by atoms with Crippen molar-refractivity contribution in [3.8, 4) is 0 Å². The first-order valence-electron chi connectivity index (χ1n) is 4.83. The third-order valence-electron chi connectivity index (χ3n) is 2.74. The number of hydrogen-bond acceptors (Lipinski definition) is 2. The Morgan fingerprint density at radius 1 is 1.46 bits per heavy atom. The van der Waals surface area contributed by atoms with E-state index in [1.807, 2.05) is 0 Å². The van der Waals surface area contributed by atoms with E-state index in [0.29, 0.717) is 11.5 Å². The van der Waals surface area contributed by atoms with Crippen molar-refractivity contribution >= 4 is 0 Å². The molecule has 0 radical (unpaired) electrons. The van der Waals surface area contributed by atoms with E-state index >= 15 is 0 Å². The molecule has 0 bridgehead atoms. The Morgan fingerprint density at radius 2 is 2.15 bits per heavy atom. The summed E-state index contributed by atoms with van der Waals surface area (Å²) < 4.78 is 0. The number of nitrogens with one attached hydrogen (secondary N) is 1. The van der Waals surface area contributed by atoms with Gasteiger partial charge in [0.25, 0.3) is 5.56 Å². The van der Waals surface area contributed by atoms with E-state index in [2.05, 4.69) is 9.97 Å². The Morgan fingerprint density at radius 3 is 2.77 bits per heavy atom. The minimum absolute atomic E-state index is 0.0110. The van der Waals surface area contributed by atoms with Crippen LogP contribution in [0.2, 0.25) is 0 Å². The van der Waals surface area contributed by atoms with E-state index < -0.39 is 0 Å². The predicted octanol–water partition coefficient (Wildman–Crippen LogP) is 1.74. The Kier molecular flexibility index (Phi) is 2.17. The lowest BCUT2D eigenvalue weighted by molar-refractivity contribution is 0.662. The van der Waals surface area contributed by atoms with Gasteiger partial charge in [-0.15, -0.1) is 0 Å². The molecule has 0 spiro atoms. The third kappa shape index (κ3) is 1.64. The van der Waals surface area contributed by atoms with Crippen LogP contribution in [0.1, 0.15) is 43.0 Å². The van der Waals surface area contributed by atoms with Gasteiger partial charge in [-0.25, -0.2) is 4.98 Å². The van der Waals surface area contributed by atoms with Crippen LogP contribution in [0, 0.1) is 6.92 Å². The highest BCUT2D eigenvalue weighted by atomic mass is 16.1. The second-order valence-electron chi connectivity index (χ2n) is 3.76. The van der Waals surface area contributed by atoms with Crippen LogP contribution in [0.5, 0.6) is 0 Å². The van der Waals surface area contributed by atoms with Gasteiger partial charge >= 0.3 is 0 Å². The smallest absolute Gasteiger partial charge is 0.253 e. The molecule has 1 N–H and O–H groups in total. The zero-order chi connectivity index (χ0) is 9.26. The fourth-order valence-electron chi connectivity index (χ4n) is 1.88. The number of H-pyrrole nitrogens is 1. The number of aromatic amines is 1. The van der Waals surface area contributed by atoms with Crippen LogP contribution in [0.4, 0.5) is 0 Å². The molecule has 3 heteroatoms. The normalized spacial score (nSPS) is 17.9. The van der Waals surface area contributed by atoms with Crippen molar-refractivity contribution in [3.05, 3.63) is 27.9 Å². The molecule has 70 valence electrons. The van der Waals surface area contributed by atoms with Gasteiger partial charge in [0.15, 0.2) is 0 Å². The largest absolute Gasteiger partial charge is 0.310 e. The molecular formula is C10H14N2O. The van der Waals surface area contributed by atoms with Gasteiger partial charge in [-0.2, -0.15) is 0 Å². The zero-order valence-corrected chi connectivity index (χ0v) is 7.84. The van der Waals surface area contributed by atoms with Crippen LogP contribution in [-0.2, 0) is 0 Å². The highest BCUT2D eigenvalue weighted by Gasteiger charge is 2.18. The molecule has 0 aliphatic heterocycles. The SMILES string of the molecule is Cc1cnc(C2CCCC2)[nH]c1=O. The van der Waals surface area contributed by atoms with Crippen molar-refractivity contribution in [1.82, 2.24) is 9.97 Å². The van der Waals surface area contributed by atoms with E-state index in [1.165, 1.54) is 25.7 Å². The average molecular weight is 178 g/mol. The lowest BCUT2D eigenvalue weighted by Gasteiger charge is -2.06. The maximum Gasteiger partial charge on any atom is 0.253 e. The van der Waals surface area contributed by atoms with E-state index in [4.69, 9.17) is 0 Å². The summed E-state index contributed by atoms with van der Waals surface area (Å²) in [5, 5.41) is 0. The molecule has 13 heavy (non-hydrogen) atoms.